The number of sulfonamides is 1. The van der Waals surface area contributed by atoms with Crippen LogP contribution in [-0.2, 0) is 10.0 Å². The Kier molecular flexibility index (Phi) is 5.38. The van der Waals surface area contributed by atoms with Gasteiger partial charge in [-0.1, -0.05) is 20.8 Å². The van der Waals surface area contributed by atoms with Gasteiger partial charge in [-0.3, -0.25) is 0 Å². The first-order valence-corrected chi connectivity index (χ1v) is 8.00. The van der Waals surface area contributed by atoms with Crippen LogP contribution >= 0.6 is 0 Å². The maximum Gasteiger partial charge on any atom is 0.240 e. The van der Waals surface area contributed by atoms with Crippen molar-refractivity contribution in [3.05, 3.63) is 23.8 Å². The van der Waals surface area contributed by atoms with E-state index < -0.39 is 10.0 Å². The Morgan fingerprint density at radius 3 is 2.37 bits per heavy atom. The van der Waals surface area contributed by atoms with Gasteiger partial charge in [0, 0.05) is 6.04 Å². The summed E-state index contributed by atoms with van der Waals surface area (Å²) in [7, 11) is -1.87. The van der Waals surface area contributed by atoms with Gasteiger partial charge in [-0.2, -0.15) is 0 Å². The van der Waals surface area contributed by atoms with E-state index >= 15 is 0 Å². The van der Waals surface area contributed by atoms with E-state index in [4.69, 9.17) is 4.74 Å². The van der Waals surface area contributed by atoms with Crippen LogP contribution in [0.25, 0.3) is 0 Å². The van der Waals surface area contributed by atoms with Crippen molar-refractivity contribution < 1.29 is 13.2 Å². The molecule has 0 spiro atoms. The van der Waals surface area contributed by atoms with Crippen molar-refractivity contribution in [2.45, 2.75) is 51.0 Å². The van der Waals surface area contributed by atoms with Crippen molar-refractivity contribution >= 4 is 10.0 Å². The molecule has 108 valence electrons. The van der Waals surface area contributed by atoms with Gasteiger partial charge in [0.1, 0.15) is 5.75 Å². The summed E-state index contributed by atoms with van der Waals surface area (Å²) in [5.74, 6) is 0.922. The number of hydrogen-bond acceptors (Lipinski definition) is 3. The third kappa shape index (κ3) is 3.94. The molecule has 0 saturated carbocycles. The first-order chi connectivity index (χ1) is 8.81. The van der Waals surface area contributed by atoms with E-state index in [0.29, 0.717) is 0 Å². The van der Waals surface area contributed by atoms with Gasteiger partial charge < -0.3 is 4.74 Å². The lowest BCUT2D eigenvalue weighted by molar-refractivity contribution is 0.407. The van der Waals surface area contributed by atoms with Crippen molar-refractivity contribution in [3.63, 3.8) is 0 Å². The second kappa shape index (κ2) is 6.39. The lowest BCUT2D eigenvalue weighted by atomic mass is 10.0. The Bertz CT molecular complexity index is 523. The van der Waals surface area contributed by atoms with Crippen LogP contribution in [0.5, 0.6) is 5.75 Å². The largest absolute Gasteiger partial charge is 0.496 e. The van der Waals surface area contributed by atoms with Gasteiger partial charge in [0.2, 0.25) is 10.0 Å². The number of methoxy groups -OCH3 is 1. The van der Waals surface area contributed by atoms with Crippen LogP contribution in [0.15, 0.2) is 23.1 Å². The molecule has 0 aliphatic carbocycles. The first-order valence-electron chi connectivity index (χ1n) is 6.52. The molecule has 4 nitrogen and oxygen atoms in total. The molecule has 1 atom stereocenters. The molecule has 1 rings (SSSR count). The molecule has 0 aromatic heterocycles. The fourth-order valence-corrected chi connectivity index (χ4v) is 3.11. The zero-order chi connectivity index (χ0) is 14.6. The number of rotatable bonds is 6. The Morgan fingerprint density at radius 2 is 1.89 bits per heavy atom. The maximum absolute atomic E-state index is 12.2. The minimum atomic E-state index is -3.46. The van der Waals surface area contributed by atoms with Crippen LogP contribution in [0, 0.1) is 0 Å². The minimum Gasteiger partial charge on any atom is -0.496 e. The smallest absolute Gasteiger partial charge is 0.240 e. The molecular weight excluding hydrogens is 262 g/mol. The van der Waals surface area contributed by atoms with Crippen LogP contribution in [0.3, 0.4) is 0 Å². The molecule has 0 heterocycles. The van der Waals surface area contributed by atoms with Crippen LogP contribution in [-0.4, -0.2) is 21.6 Å². The molecule has 0 radical (unpaired) electrons. The van der Waals surface area contributed by atoms with Gasteiger partial charge in [0.15, 0.2) is 0 Å². The highest BCUT2D eigenvalue weighted by Crippen LogP contribution is 2.28. The predicted octanol–water partition coefficient (Wildman–Crippen LogP) is 2.90. The first kappa shape index (κ1) is 16.0. The predicted molar refractivity (Wildman–Crippen MR) is 77.2 cm³/mol. The van der Waals surface area contributed by atoms with E-state index in [1.807, 2.05) is 27.7 Å². The van der Waals surface area contributed by atoms with E-state index in [2.05, 4.69) is 4.72 Å². The minimum absolute atomic E-state index is 0.0744. The van der Waals surface area contributed by atoms with Crippen molar-refractivity contribution in [3.8, 4) is 5.75 Å². The van der Waals surface area contributed by atoms with Crippen LogP contribution < -0.4 is 9.46 Å². The molecule has 0 aliphatic rings. The second-order valence-electron chi connectivity index (χ2n) is 4.99. The fourth-order valence-electron chi connectivity index (χ4n) is 1.75. The molecule has 1 aromatic rings. The van der Waals surface area contributed by atoms with Gasteiger partial charge in [-0.05, 0) is 43.0 Å². The number of hydrogen-bond donors (Lipinski definition) is 1. The van der Waals surface area contributed by atoms with E-state index in [9.17, 15) is 8.42 Å². The van der Waals surface area contributed by atoms with Crippen molar-refractivity contribution in [1.29, 1.82) is 0 Å². The van der Waals surface area contributed by atoms with Gasteiger partial charge in [0.05, 0.1) is 12.0 Å². The summed E-state index contributed by atoms with van der Waals surface area (Å²) < 4.78 is 32.4. The number of ether oxygens (including phenoxy) is 1. The van der Waals surface area contributed by atoms with Crippen molar-refractivity contribution in [1.82, 2.24) is 4.72 Å². The third-order valence-corrected chi connectivity index (χ3v) is 4.69. The molecule has 1 N–H and O–H groups in total. The SMILES string of the molecule is CC[C@H](C)NS(=O)(=O)c1ccc(OC)c(C(C)C)c1. The topological polar surface area (TPSA) is 55.4 Å². The average Bonchev–Trinajstić information content (AvgIpc) is 2.37. The summed E-state index contributed by atoms with van der Waals surface area (Å²) in [4.78, 5) is 0.289. The summed E-state index contributed by atoms with van der Waals surface area (Å²) in [6.07, 6.45) is 0.756. The molecular formula is C14H23NO3S. The van der Waals surface area contributed by atoms with Crippen molar-refractivity contribution in [2.24, 2.45) is 0 Å². The van der Waals surface area contributed by atoms with Gasteiger partial charge in [0.25, 0.3) is 0 Å². The summed E-state index contributed by atoms with van der Waals surface area (Å²) >= 11 is 0. The Labute approximate surface area is 116 Å². The van der Waals surface area contributed by atoms with Crippen LogP contribution in [0.4, 0.5) is 0 Å². The molecule has 0 fully saturated rings. The summed E-state index contributed by atoms with van der Waals surface area (Å²) in [5.41, 5.74) is 0.898. The average molecular weight is 285 g/mol. The quantitative estimate of drug-likeness (QED) is 0.874. The van der Waals surface area contributed by atoms with Crippen LogP contribution in [0.1, 0.15) is 45.6 Å². The molecule has 1 aromatic carbocycles. The highest BCUT2D eigenvalue weighted by atomic mass is 32.2. The lowest BCUT2D eigenvalue weighted by Crippen LogP contribution is -2.32. The monoisotopic (exact) mass is 285 g/mol. The number of benzene rings is 1. The van der Waals surface area contributed by atoms with E-state index in [0.717, 1.165) is 17.7 Å². The Morgan fingerprint density at radius 1 is 1.26 bits per heavy atom. The standard InChI is InChI=1S/C14H23NO3S/c1-6-11(4)15-19(16,17)12-7-8-14(18-5)13(9-12)10(2)3/h7-11,15H,6H2,1-5H3/t11-/m0/s1. The maximum atomic E-state index is 12.2. The molecule has 0 bridgehead atoms. The van der Waals surface area contributed by atoms with Crippen LogP contribution in [0.2, 0.25) is 0 Å². The zero-order valence-corrected chi connectivity index (χ0v) is 13.0. The van der Waals surface area contributed by atoms with Gasteiger partial charge >= 0.3 is 0 Å². The molecule has 19 heavy (non-hydrogen) atoms. The van der Waals surface area contributed by atoms with E-state index in [1.54, 1.807) is 25.3 Å². The third-order valence-electron chi connectivity index (χ3n) is 3.10. The highest BCUT2D eigenvalue weighted by molar-refractivity contribution is 7.89. The van der Waals surface area contributed by atoms with E-state index in [-0.39, 0.29) is 16.9 Å². The van der Waals surface area contributed by atoms with E-state index in [1.165, 1.54) is 0 Å². The molecule has 0 unspecified atom stereocenters. The van der Waals surface area contributed by atoms with Crippen molar-refractivity contribution in [2.75, 3.05) is 7.11 Å². The fraction of sp³-hybridized carbons (Fsp3) is 0.571. The zero-order valence-electron chi connectivity index (χ0n) is 12.2. The highest BCUT2D eigenvalue weighted by Gasteiger charge is 2.19. The second-order valence-corrected chi connectivity index (χ2v) is 6.70. The lowest BCUT2D eigenvalue weighted by Gasteiger charge is -2.16. The summed E-state index contributed by atoms with van der Waals surface area (Å²) in [6, 6.07) is 4.90. The Balaban J connectivity index is 3.18. The summed E-state index contributed by atoms with van der Waals surface area (Å²) in [6.45, 7) is 7.82. The summed E-state index contributed by atoms with van der Waals surface area (Å²) in [5, 5.41) is 0. The molecule has 5 heteroatoms. The van der Waals surface area contributed by atoms with Gasteiger partial charge in [-0.15, -0.1) is 0 Å². The molecule has 0 saturated heterocycles. The Hall–Kier alpha value is -1.07. The normalized spacial score (nSPS) is 13.6. The molecule has 0 amide bonds. The van der Waals surface area contributed by atoms with Gasteiger partial charge in [-0.25, -0.2) is 13.1 Å². The number of nitrogens with one attached hydrogen (secondary N) is 1. The molecule has 0 aliphatic heterocycles.